The predicted octanol–water partition coefficient (Wildman–Crippen LogP) is 4.27. The standard InChI is InChI=1S/C24H28F4N4O2/c1-23(29)7-8-32(13-23)20-18(21(33)31-17-3-5-24(27,28)6-4-17)12-30-22(34-2)19(20)14-9-15(25)11-16(26)10-14/h9-12,17H,3-8,13,29H2,1-2H3,(H,31,33)/t23-/m0/s1. The minimum absolute atomic E-state index is 0.0967. The number of benzene rings is 1. The Morgan fingerprint density at radius 1 is 1.18 bits per heavy atom. The summed E-state index contributed by atoms with van der Waals surface area (Å²) in [5.74, 6) is -4.69. The largest absolute Gasteiger partial charge is 0.480 e. The van der Waals surface area contributed by atoms with Crippen molar-refractivity contribution in [2.45, 2.75) is 56.5 Å². The van der Waals surface area contributed by atoms with Crippen LogP contribution in [0.5, 0.6) is 5.88 Å². The molecule has 4 rings (SSSR count). The van der Waals surface area contributed by atoms with E-state index in [4.69, 9.17) is 10.5 Å². The summed E-state index contributed by atoms with van der Waals surface area (Å²) in [6, 6.07) is 2.64. The highest BCUT2D eigenvalue weighted by Crippen LogP contribution is 2.42. The number of nitrogens with two attached hydrogens (primary N) is 1. The van der Waals surface area contributed by atoms with Gasteiger partial charge in [0.1, 0.15) is 11.6 Å². The predicted molar refractivity (Wildman–Crippen MR) is 120 cm³/mol. The third kappa shape index (κ3) is 5.11. The van der Waals surface area contributed by atoms with Crippen molar-refractivity contribution in [3.8, 4) is 17.0 Å². The molecule has 184 valence electrons. The molecule has 2 aromatic rings. The zero-order chi connectivity index (χ0) is 24.7. The van der Waals surface area contributed by atoms with Gasteiger partial charge in [-0.05, 0) is 43.9 Å². The van der Waals surface area contributed by atoms with Crippen molar-refractivity contribution in [2.75, 3.05) is 25.1 Å². The van der Waals surface area contributed by atoms with Crippen molar-refractivity contribution < 1.29 is 27.1 Å². The smallest absolute Gasteiger partial charge is 0.255 e. The summed E-state index contributed by atoms with van der Waals surface area (Å²) in [5, 5.41) is 2.84. The molecule has 2 aliphatic rings. The van der Waals surface area contributed by atoms with Crippen LogP contribution in [0.15, 0.2) is 24.4 Å². The number of pyridine rings is 1. The lowest BCUT2D eigenvalue weighted by atomic mass is 9.92. The molecule has 3 N–H and O–H groups in total. The Kier molecular flexibility index (Phi) is 6.46. The molecule has 2 heterocycles. The van der Waals surface area contributed by atoms with E-state index in [1.54, 1.807) is 0 Å². The summed E-state index contributed by atoms with van der Waals surface area (Å²) in [5.41, 5.74) is 6.78. The zero-order valence-corrected chi connectivity index (χ0v) is 19.1. The fourth-order valence-electron chi connectivity index (χ4n) is 4.72. The molecule has 10 heteroatoms. The Morgan fingerprint density at radius 2 is 1.82 bits per heavy atom. The lowest BCUT2D eigenvalue weighted by Crippen LogP contribution is -2.42. The first-order valence-corrected chi connectivity index (χ1v) is 11.2. The Bertz CT molecular complexity index is 1060. The number of anilines is 1. The van der Waals surface area contributed by atoms with Crippen LogP contribution in [0, 0.1) is 11.6 Å². The zero-order valence-electron chi connectivity index (χ0n) is 19.1. The van der Waals surface area contributed by atoms with Gasteiger partial charge < -0.3 is 20.7 Å². The number of ether oxygens (including phenoxy) is 1. The van der Waals surface area contributed by atoms with E-state index in [2.05, 4.69) is 10.3 Å². The molecule has 1 aromatic carbocycles. The van der Waals surface area contributed by atoms with Crippen LogP contribution in [0.4, 0.5) is 23.2 Å². The summed E-state index contributed by atoms with van der Waals surface area (Å²) < 4.78 is 60.8. The van der Waals surface area contributed by atoms with Gasteiger partial charge in [-0.3, -0.25) is 4.79 Å². The second-order valence-corrected chi connectivity index (χ2v) is 9.49. The molecule has 1 aromatic heterocycles. The lowest BCUT2D eigenvalue weighted by Gasteiger charge is -2.30. The number of halogens is 4. The van der Waals surface area contributed by atoms with Crippen molar-refractivity contribution in [1.82, 2.24) is 10.3 Å². The van der Waals surface area contributed by atoms with Gasteiger partial charge in [-0.25, -0.2) is 22.5 Å². The minimum atomic E-state index is -2.72. The van der Waals surface area contributed by atoms with Crippen LogP contribution in [0.25, 0.3) is 11.1 Å². The lowest BCUT2D eigenvalue weighted by molar-refractivity contribution is -0.0399. The van der Waals surface area contributed by atoms with E-state index < -0.39 is 35.0 Å². The summed E-state index contributed by atoms with van der Waals surface area (Å²) in [6.45, 7) is 2.77. The number of amides is 1. The van der Waals surface area contributed by atoms with Crippen molar-refractivity contribution in [3.05, 3.63) is 41.6 Å². The van der Waals surface area contributed by atoms with Gasteiger partial charge in [0.2, 0.25) is 11.8 Å². The molecule has 0 radical (unpaired) electrons. The number of nitrogens with zero attached hydrogens (tertiary/aromatic N) is 2. The Hall–Kier alpha value is -2.88. The number of aromatic nitrogens is 1. The first kappa shape index (κ1) is 24.3. The van der Waals surface area contributed by atoms with Crippen LogP contribution in [0.1, 0.15) is 49.4 Å². The van der Waals surface area contributed by atoms with E-state index in [1.165, 1.54) is 13.3 Å². The second kappa shape index (κ2) is 9.05. The molecule has 0 spiro atoms. The molecule has 0 bridgehead atoms. The fourth-order valence-corrected chi connectivity index (χ4v) is 4.72. The van der Waals surface area contributed by atoms with E-state index in [1.807, 2.05) is 11.8 Å². The van der Waals surface area contributed by atoms with Gasteiger partial charge in [-0.15, -0.1) is 0 Å². The SMILES string of the molecule is COc1ncc(C(=O)NC2CCC(F)(F)CC2)c(N2CC[C@](C)(N)C2)c1-c1cc(F)cc(F)c1. The monoisotopic (exact) mass is 480 g/mol. The number of hydrogen-bond acceptors (Lipinski definition) is 5. The number of carbonyl (C=O) groups excluding carboxylic acids is 1. The van der Waals surface area contributed by atoms with Crippen LogP contribution >= 0.6 is 0 Å². The second-order valence-electron chi connectivity index (χ2n) is 9.49. The molecule has 1 atom stereocenters. The molecule has 1 saturated carbocycles. The van der Waals surface area contributed by atoms with Crippen LogP contribution in [0.2, 0.25) is 0 Å². The normalized spacial score (nSPS) is 22.6. The molecule has 1 saturated heterocycles. The molecule has 0 unspecified atom stereocenters. The number of methoxy groups -OCH3 is 1. The van der Waals surface area contributed by atoms with E-state index in [0.29, 0.717) is 25.2 Å². The topological polar surface area (TPSA) is 80.5 Å². The Morgan fingerprint density at radius 3 is 2.38 bits per heavy atom. The average molecular weight is 481 g/mol. The van der Waals surface area contributed by atoms with Crippen molar-refractivity contribution in [3.63, 3.8) is 0 Å². The van der Waals surface area contributed by atoms with Crippen LogP contribution in [-0.4, -0.2) is 48.6 Å². The van der Waals surface area contributed by atoms with Gasteiger partial charge in [-0.1, -0.05) is 0 Å². The number of rotatable bonds is 5. The number of nitrogens with one attached hydrogen (secondary N) is 1. The number of hydrogen-bond donors (Lipinski definition) is 2. The minimum Gasteiger partial charge on any atom is -0.480 e. The summed E-state index contributed by atoms with van der Waals surface area (Å²) in [4.78, 5) is 19.5. The average Bonchev–Trinajstić information content (AvgIpc) is 3.12. The fraction of sp³-hybridized carbons (Fsp3) is 0.500. The van der Waals surface area contributed by atoms with Gasteiger partial charge in [0, 0.05) is 49.8 Å². The maximum Gasteiger partial charge on any atom is 0.255 e. The van der Waals surface area contributed by atoms with Gasteiger partial charge >= 0.3 is 0 Å². The van der Waals surface area contributed by atoms with Crippen molar-refractivity contribution in [1.29, 1.82) is 0 Å². The third-order valence-electron chi connectivity index (χ3n) is 6.48. The van der Waals surface area contributed by atoms with Crippen molar-refractivity contribution >= 4 is 11.6 Å². The molecule has 34 heavy (non-hydrogen) atoms. The summed E-state index contributed by atoms with van der Waals surface area (Å²) in [6.07, 6.45) is 1.70. The molecular formula is C24H28F4N4O2. The highest BCUT2D eigenvalue weighted by atomic mass is 19.3. The van der Waals surface area contributed by atoms with E-state index >= 15 is 0 Å². The van der Waals surface area contributed by atoms with Gasteiger partial charge in [0.25, 0.3) is 5.91 Å². The molecule has 6 nitrogen and oxygen atoms in total. The number of alkyl halides is 2. The quantitative estimate of drug-likeness (QED) is 0.625. The third-order valence-corrected chi connectivity index (χ3v) is 6.48. The van der Waals surface area contributed by atoms with Gasteiger partial charge in [0.05, 0.1) is 23.9 Å². The Balaban J connectivity index is 1.79. The first-order valence-electron chi connectivity index (χ1n) is 11.2. The highest BCUT2D eigenvalue weighted by Gasteiger charge is 2.37. The van der Waals surface area contributed by atoms with Gasteiger partial charge in [0.15, 0.2) is 0 Å². The molecule has 1 aliphatic heterocycles. The maximum atomic E-state index is 14.1. The van der Waals surface area contributed by atoms with E-state index in [0.717, 1.165) is 18.2 Å². The number of carbonyl (C=O) groups is 1. The van der Waals surface area contributed by atoms with Crippen LogP contribution in [-0.2, 0) is 0 Å². The van der Waals surface area contributed by atoms with Crippen LogP contribution < -0.4 is 20.7 Å². The summed E-state index contributed by atoms with van der Waals surface area (Å²) in [7, 11) is 1.38. The molecule has 2 fully saturated rings. The molecule has 1 aliphatic carbocycles. The molecule has 1 amide bonds. The van der Waals surface area contributed by atoms with E-state index in [-0.39, 0.29) is 48.3 Å². The Labute approximate surface area is 195 Å². The summed E-state index contributed by atoms with van der Waals surface area (Å²) >= 11 is 0. The maximum absolute atomic E-state index is 14.1. The molecular weight excluding hydrogens is 452 g/mol. The van der Waals surface area contributed by atoms with E-state index in [9.17, 15) is 22.4 Å². The first-order chi connectivity index (χ1) is 16.0. The van der Waals surface area contributed by atoms with Crippen LogP contribution in [0.3, 0.4) is 0 Å². The highest BCUT2D eigenvalue weighted by molar-refractivity contribution is 6.04. The van der Waals surface area contributed by atoms with Crippen molar-refractivity contribution in [2.24, 2.45) is 5.73 Å². The van der Waals surface area contributed by atoms with Gasteiger partial charge in [-0.2, -0.15) is 0 Å².